The molecule has 0 unspecified atom stereocenters. The molecule has 4 N–H and O–H groups in total. The first-order valence-corrected chi connectivity index (χ1v) is 11.1. The third-order valence-corrected chi connectivity index (χ3v) is 4.97. The minimum Gasteiger partial charge on any atom is -0.296 e. The highest BCUT2D eigenvalue weighted by Crippen LogP contribution is 1.86. The zero-order chi connectivity index (χ0) is 29.4. The quantitative estimate of drug-likeness (QED) is 0.161. The first kappa shape index (κ1) is 28.6. The van der Waals surface area contributed by atoms with E-state index in [4.69, 9.17) is 0 Å². The van der Waals surface area contributed by atoms with Gasteiger partial charge >= 0.3 is 22.8 Å². The minimum atomic E-state index is -0.709. The molecule has 0 aliphatic rings. The Labute approximate surface area is 218 Å². The van der Waals surface area contributed by atoms with Crippen molar-refractivity contribution in [3.05, 3.63) is 132 Å². The van der Waals surface area contributed by atoms with Crippen molar-refractivity contribution in [2.75, 3.05) is 0 Å². The number of hydrogen-bond donors (Lipinski definition) is 4. The van der Waals surface area contributed by atoms with Crippen molar-refractivity contribution < 1.29 is 9.59 Å². The van der Waals surface area contributed by atoms with Gasteiger partial charge in [0.2, 0.25) is 0 Å². The molecule has 208 valence electrons. The van der Waals surface area contributed by atoms with E-state index in [0.717, 1.165) is 42.5 Å². The van der Waals surface area contributed by atoms with Crippen molar-refractivity contribution in [3.8, 4) is 0 Å². The van der Waals surface area contributed by atoms with Crippen LogP contribution in [0, 0.1) is 0 Å². The molecule has 0 fully saturated rings. The summed E-state index contributed by atoms with van der Waals surface area (Å²) in [6, 6.07) is 4.45. The maximum Gasteiger partial charge on any atom is 0.328 e. The molecule has 0 aliphatic heterocycles. The summed E-state index contributed by atoms with van der Waals surface area (Å²) in [5.74, 6) is -0.874. The third kappa shape index (κ3) is 8.03. The van der Waals surface area contributed by atoms with Crippen molar-refractivity contribution in [1.29, 1.82) is 0 Å². The van der Waals surface area contributed by atoms with Gasteiger partial charge in [-0.1, -0.05) is 0 Å². The van der Waals surface area contributed by atoms with Crippen LogP contribution in [0.15, 0.2) is 87.4 Å². The van der Waals surface area contributed by atoms with E-state index in [1.807, 2.05) is 19.9 Å². The number of carbonyl (C=O) groups excluding carboxylic acids is 2. The average Bonchev–Trinajstić information content (AvgIpc) is 2.87. The summed E-state index contributed by atoms with van der Waals surface area (Å²) in [6.45, 7) is -1.16. The zero-order valence-corrected chi connectivity index (χ0v) is 20.3. The summed E-state index contributed by atoms with van der Waals surface area (Å²) < 4.78 is 4.06. The van der Waals surface area contributed by atoms with E-state index in [9.17, 15) is 47.9 Å². The van der Waals surface area contributed by atoms with Crippen molar-refractivity contribution in [3.63, 3.8) is 0 Å². The highest BCUT2D eigenvalue weighted by Gasteiger charge is 2.09. The predicted octanol–water partition coefficient (Wildman–Crippen LogP) is -4.69. The predicted molar refractivity (Wildman–Crippen MR) is 135 cm³/mol. The Morgan fingerprint density at radius 2 is 0.625 bits per heavy atom. The van der Waals surface area contributed by atoms with Crippen LogP contribution in [-0.2, 0) is 35.8 Å². The second-order valence-corrected chi connectivity index (χ2v) is 8.03. The number of H-pyrrole nitrogens is 4. The minimum absolute atomic E-state index is 0.290. The smallest absolute Gasteiger partial charge is 0.296 e. The van der Waals surface area contributed by atoms with E-state index in [1.165, 1.54) is 24.8 Å². The van der Waals surface area contributed by atoms with Gasteiger partial charge in [-0.2, -0.15) is 0 Å². The van der Waals surface area contributed by atoms with Crippen molar-refractivity contribution in [2.24, 2.45) is 0 Å². The lowest BCUT2D eigenvalue weighted by Crippen LogP contribution is -2.34. The Kier molecular flexibility index (Phi) is 8.97. The Bertz CT molecular complexity index is 1740. The van der Waals surface area contributed by atoms with Gasteiger partial charge in [-0.25, -0.2) is 19.2 Å². The van der Waals surface area contributed by atoms with Crippen LogP contribution in [-0.4, -0.2) is 49.8 Å². The van der Waals surface area contributed by atoms with Crippen LogP contribution in [0.2, 0.25) is 0 Å². The van der Waals surface area contributed by atoms with E-state index < -0.39 is 56.6 Å². The molecule has 4 heterocycles. The van der Waals surface area contributed by atoms with Crippen molar-refractivity contribution >= 4 is 11.6 Å². The molecule has 40 heavy (non-hydrogen) atoms. The van der Waals surface area contributed by atoms with Crippen LogP contribution in [0.3, 0.4) is 0 Å². The number of nitrogens with zero attached hydrogens (tertiary/aromatic N) is 4. The van der Waals surface area contributed by atoms with Gasteiger partial charge in [0.15, 0.2) is 11.6 Å². The SMILES string of the molecule is O=C(Cn1ccc(=O)[nH]c1=O)Cn1ccc(=O)[nH]c1=O.O=C(Cn1ccc(=O)[nH]c1=O)Cn1ccc(=O)[nH]c1=O. The van der Waals surface area contributed by atoms with Gasteiger partial charge in [-0.15, -0.1) is 0 Å². The van der Waals surface area contributed by atoms with Crippen molar-refractivity contribution in [2.45, 2.75) is 26.2 Å². The monoisotopic (exact) mass is 556 g/mol. The molecular weight excluding hydrogens is 536 g/mol. The van der Waals surface area contributed by atoms with Gasteiger partial charge < -0.3 is 0 Å². The summed E-state index contributed by atoms with van der Waals surface area (Å²) in [5.41, 5.74) is -5.07. The van der Waals surface area contributed by atoms with Gasteiger partial charge in [-0.3, -0.25) is 67.0 Å². The Morgan fingerprint density at radius 3 is 0.800 bits per heavy atom. The number of ketones is 2. The lowest BCUT2D eigenvalue weighted by atomic mass is 10.3. The van der Waals surface area contributed by atoms with Gasteiger partial charge in [0.05, 0.1) is 26.2 Å². The molecule has 0 bridgehead atoms. The molecule has 18 heteroatoms. The third-order valence-electron chi connectivity index (χ3n) is 4.97. The molecule has 0 aliphatic carbocycles. The lowest BCUT2D eigenvalue weighted by Gasteiger charge is -2.05. The number of Topliss-reactive ketones (excluding diaryl/α,β-unsaturated/α-hetero) is 2. The first-order valence-electron chi connectivity index (χ1n) is 11.1. The van der Waals surface area contributed by atoms with E-state index >= 15 is 0 Å². The molecule has 0 amide bonds. The Hall–Kier alpha value is -5.94. The average molecular weight is 556 g/mol. The standard InChI is InChI=1S/2C11H10N4O5/c2*16-7(5-14-3-1-8(17)12-10(14)19)6-15-4-2-9(18)13-11(15)20/h2*1-4H,5-6H2,(H,12,17,19)(H,13,18,20). The fourth-order valence-electron chi connectivity index (χ4n) is 3.13. The highest BCUT2D eigenvalue weighted by atomic mass is 16.2. The van der Waals surface area contributed by atoms with Crippen LogP contribution in [0.25, 0.3) is 0 Å². The second kappa shape index (κ2) is 12.5. The molecule has 0 spiro atoms. The van der Waals surface area contributed by atoms with Crippen LogP contribution in [0.1, 0.15) is 0 Å². The molecule has 4 aromatic rings. The molecule has 0 radical (unpaired) electrons. The molecule has 4 aromatic heterocycles. The maximum absolute atomic E-state index is 11.8. The first-order chi connectivity index (χ1) is 18.9. The maximum atomic E-state index is 11.8. The molecular formula is C22H20N8O10. The van der Waals surface area contributed by atoms with E-state index in [2.05, 4.69) is 0 Å². The van der Waals surface area contributed by atoms with Crippen LogP contribution in [0.5, 0.6) is 0 Å². The molecule has 0 saturated heterocycles. The number of rotatable bonds is 8. The number of carbonyl (C=O) groups is 2. The van der Waals surface area contributed by atoms with Crippen LogP contribution >= 0.6 is 0 Å². The molecule has 18 nitrogen and oxygen atoms in total. The number of aromatic amines is 4. The summed E-state index contributed by atoms with van der Waals surface area (Å²) in [4.78, 5) is 121. The van der Waals surface area contributed by atoms with E-state index in [-0.39, 0.29) is 26.2 Å². The molecule has 0 saturated carbocycles. The fraction of sp³-hybridized carbons (Fsp3) is 0.182. The topological polar surface area (TPSA) is 254 Å². The normalized spacial score (nSPS) is 10.4. The summed E-state index contributed by atoms with van der Waals surface area (Å²) >= 11 is 0. The zero-order valence-electron chi connectivity index (χ0n) is 20.3. The van der Waals surface area contributed by atoms with Gasteiger partial charge in [0, 0.05) is 49.1 Å². The number of aromatic nitrogens is 8. The largest absolute Gasteiger partial charge is 0.328 e. The van der Waals surface area contributed by atoms with Gasteiger partial charge in [0.1, 0.15) is 0 Å². The number of nitrogens with one attached hydrogen (secondary N) is 4. The Balaban J connectivity index is 0.000000220. The van der Waals surface area contributed by atoms with Crippen molar-refractivity contribution in [1.82, 2.24) is 38.2 Å². The number of hydrogen-bond acceptors (Lipinski definition) is 10. The molecule has 0 aromatic carbocycles. The second-order valence-electron chi connectivity index (χ2n) is 8.03. The van der Waals surface area contributed by atoms with Crippen LogP contribution < -0.4 is 45.0 Å². The fourth-order valence-corrected chi connectivity index (χ4v) is 3.13. The highest BCUT2D eigenvalue weighted by molar-refractivity contribution is 5.78. The lowest BCUT2D eigenvalue weighted by molar-refractivity contribution is -0.121. The molecule has 0 atom stereocenters. The summed E-state index contributed by atoms with van der Waals surface area (Å²) in [7, 11) is 0. The van der Waals surface area contributed by atoms with E-state index in [0.29, 0.717) is 0 Å². The van der Waals surface area contributed by atoms with Crippen LogP contribution in [0.4, 0.5) is 0 Å². The molecule has 4 rings (SSSR count). The Morgan fingerprint density at radius 1 is 0.425 bits per heavy atom. The van der Waals surface area contributed by atoms with Gasteiger partial charge in [-0.05, 0) is 0 Å². The summed E-state index contributed by atoms with van der Waals surface area (Å²) in [6.07, 6.45) is 4.76. The van der Waals surface area contributed by atoms with E-state index in [1.54, 1.807) is 0 Å². The summed E-state index contributed by atoms with van der Waals surface area (Å²) in [5, 5.41) is 0. The van der Waals surface area contributed by atoms with Gasteiger partial charge in [0.25, 0.3) is 22.2 Å².